The number of methoxy groups -OCH3 is 1. The number of benzene rings is 4. The zero-order valence-corrected chi connectivity index (χ0v) is 19.3. The molecule has 0 aliphatic rings. The standard InChI is InChI=1S/C30H30O4/c1-32-29-19-17-27(18-20-29)30(25-13-7-3-8-14-25,26-15-9-4-10-16-26)34-23-28(31)22-33-21-24-11-5-2-6-12-24/h2-20,28,31H,21-23H2,1H3/t28-/m0/s1. The van der Waals surface area contributed by atoms with Gasteiger partial charge in [-0.15, -0.1) is 0 Å². The molecule has 1 N–H and O–H groups in total. The van der Waals surface area contributed by atoms with E-state index in [1.54, 1.807) is 7.11 Å². The van der Waals surface area contributed by atoms with Gasteiger partial charge in [0.15, 0.2) is 0 Å². The lowest BCUT2D eigenvalue weighted by Gasteiger charge is -2.36. The van der Waals surface area contributed by atoms with Gasteiger partial charge in [-0.05, 0) is 34.4 Å². The Morgan fingerprint density at radius 3 is 1.68 bits per heavy atom. The molecule has 174 valence electrons. The van der Waals surface area contributed by atoms with Crippen LogP contribution in [0.2, 0.25) is 0 Å². The third-order valence-corrected chi connectivity index (χ3v) is 5.77. The molecule has 4 rings (SSSR count). The zero-order valence-electron chi connectivity index (χ0n) is 19.3. The molecule has 0 saturated heterocycles. The number of hydrogen-bond donors (Lipinski definition) is 1. The van der Waals surface area contributed by atoms with E-state index >= 15 is 0 Å². The van der Waals surface area contributed by atoms with Crippen LogP contribution in [0.1, 0.15) is 22.3 Å². The first-order chi connectivity index (χ1) is 16.7. The van der Waals surface area contributed by atoms with E-state index in [9.17, 15) is 5.11 Å². The molecular formula is C30H30O4. The molecule has 0 fully saturated rings. The van der Waals surface area contributed by atoms with Crippen LogP contribution in [0.5, 0.6) is 5.75 Å². The Balaban J connectivity index is 1.61. The first-order valence-electron chi connectivity index (χ1n) is 11.4. The van der Waals surface area contributed by atoms with Crippen LogP contribution < -0.4 is 4.74 Å². The van der Waals surface area contributed by atoms with E-state index in [1.165, 1.54) is 0 Å². The third kappa shape index (κ3) is 5.54. The van der Waals surface area contributed by atoms with Gasteiger partial charge in [0, 0.05) is 0 Å². The van der Waals surface area contributed by atoms with Gasteiger partial charge in [0.05, 0.1) is 26.9 Å². The van der Waals surface area contributed by atoms with E-state index in [1.807, 2.05) is 91.0 Å². The summed E-state index contributed by atoms with van der Waals surface area (Å²) in [7, 11) is 1.65. The van der Waals surface area contributed by atoms with Crippen LogP contribution in [0.4, 0.5) is 0 Å². The first kappa shape index (κ1) is 23.7. The van der Waals surface area contributed by atoms with Gasteiger partial charge in [-0.1, -0.05) is 103 Å². The fourth-order valence-electron chi connectivity index (χ4n) is 4.08. The van der Waals surface area contributed by atoms with Crippen LogP contribution in [-0.4, -0.2) is 31.5 Å². The molecule has 0 bridgehead atoms. The van der Waals surface area contributed by atoms with Crippen LogP contribution in [-0.2, 0) is 21.7 Å². The molecule has 4 nitrogen and oxygen atoms in total. The predicted octanol–water partition coefficient (Wildman–Crippen LogP) is 5.58. The summed E-state index contributed by atoms with van der Waals surface area (Å²) in [6.45, 7) is 0.723. The summed E-state index contributed by atoms with van der Waals surface area (Å²) in [5.41, 5.74) is 3.06. The quantitative estimate of drug-likeness (QED) is 0.301. The highest BCUT2D eigenvalue weighted by Gasteiger charge is 2.38. The van der Waals surface area contributed by atoms with Crippen molar-refractivity contribution in [2.45, 2.75) is 18.3 Å². The Labute approximate surface area is 201 Å². The molecule has 0 unspecified atom stereocenters. The predicted molar refractivity (Wildman–Crippen MR) is 134 cm³/mol. The summed E-state index contributed by atoms with van der Waals surface area (Å²) < 4.78 is 17.8. The number of aliphatic hydroxyl groups is 1. The number of aliphatic hydroxyl groups excluding tert-OH is 1. The highest BCUT2D eigenvalue weighted by molar-refractivity contribution is 5.48. The van der Waals surface area contributed by atoms with Crippen molar-refractivity contribution in [1.82, 2.24) is 0 Å². The molecular weight excluding hydrogens is 424 g/mol. The van der Waals surface area contributed by atoms with Gasteiger partial charge >= 0.3 is 0 Å². The lowest BCUT2D eigenvalue weighted by molar-refractivity contribution is -0.0662. The van der Waals surface area contributed by atoms with Crippen molar-refractivity contribution in [2.75, 3.05) is 20.3 Å². The molecule has 4 aromatic rings. The Bertz CT molecular complexity index is 1070. The van der Waals surface area contributed by atoms with E-state index in [2.05, 4.69) is 24.3 Å². The molecule has 0 amide bonds. The Morgan fingerprint density at radius 2 is 1.15 bits per heavy atom. The van der Waals surface area contributed by atoms with Gasteiger partial charge < -0.3 is 19.3 Å². The molecule has 0 aliphatic carbocycles. The second-order valence-corrected chi connectivity index (χ2v) is 8.11. The van der Waals surface area contributed by atoms with Gasteiger partial charge in [0.1, 0.15) is 17.5 Å². The van der Waals surface area contributed by atoms with E-state index < -0.39 is 11.7 Å². The minimum Gasteiger partial charge on any atom is -0.497 e. The number of hydrogen-bond acceptors (Lipinski definition) is 4. The number of ether oxygens (including phenoxy) is 3. The average molecular weight is 455 g/mol. The molecule has 0 saturated carbocycles. The van der Waals surface area contributed by atoms with Gasteiger partial charge in [-0.3, -0.25) is 0 Å². The average Bonchev–Trinajstić information content (AvgIpc) is 2.91. The van der Waals surface area contributed by atoms with Crippen molar-refractivity contribution < 1.29 is 19.3 Å². The highest BCUT2D eigenvalue weighted by Crippen LogP contribution is 2.41. The van der Waals surface area contributed by atoms with Crippen molar-refractivity contribution >= 4 is 0 Å². The van der Waals surface area contributed by atoms with E-state index in [0.717, 1.165) is 28.0 Å². The van der Waals surface area contributed by atoms with Gasteiger partial charge in [-0.25, -0.2) is 0 Å². The van der Waals surface area contributed by atoms with Crippen molar-refractivity contribution in [1.29, 1.82) is 0 Å². The van der Waals surface area contributed by atoms with Crippen LogP contribution in [0.15, 0.2) is 115 Å². The lowest BCUT2D eigenvalue weighted by Crippen LogP contribution is -2.36. The molecule has 0 heterocycles. The normalized spacial score (nSPS) is 12.3. The Morgan fingerprint density at radius 1 is 0.647 bits per heavy atom. The van der Waals surface area contributed by atoms with Crippen LogP contribution in [0, 0.1) is 0 Å². The summed E-state index contributed by atoms with van der Waals surface area (Å²) in [5, 5.41) is 10.7. The first-order valence-corrected chi connectivity index (χ1v) is 11.4. The SMILES string of the molecule is COc1ccc(C(OC[C@@H](O)COCc2ccccc2)(c2ccccc2)c2ccccc2)cc1. The monoisotopic (exact) mass is 454 g/mol. The van der Waals surface area contributed by atoms with Crippen molar-refractivity contribution in [3.05, 3.63) is 138 Å². The van der Waals surface area contributed by atoms with Gasteiger partial charge in [-0.2, -0.15) is 0 Å². The second-order valence-electron chi connectivity index (χ2n) is 8.11. The van der Waals surface area contributed by atoms with Crippen LogP contribution >= 0.6 is 0 Å². The molecule has 34 heavy (non-hydrogen) atoms. The maximum atomic E-state index is 10.7. The summed E-state index contributed by atoms with van der Waals surface area (Å²) >= 11 is 0. The Hall–Kier alpha value is -3.44. The maximum absolute atomic E-state index is 10.7. The summed E-state index contributed by atoms with van der Waals surface area (Å²) in [4.78, 5) is 0. The fourth-order valence-corrected chi connectivity index (χ4v) is 4.08. The molecule has 0 aromatic heterocycles. The second kappa shape index (κ2) is 11.6. The van der Waals surface area contributed by atoms with Crippen molar-refractivity contribution in [3.63, 3.8) is 0 Å². The van der Waals surface area contributed by atoms with Crippen LogP contribution in [0.3, 0.4) is 0 Å². The summed E-state index contributed by atoms with van der Waals surface area (Å²) in [6.07, 6.45) is -0.784. The van der Waals surface area contributed by atoms with Crippen molar-refractivity contribution in [2.24, 2.45) is 0 Å². The Kier molecular flexibility index (Phi) is 8.10. The van der Waals surface area contributed by atoms with Gasteiger partial charge in [0.2, 0.25) is 0 Å². The lowest BCUT2D eigenvalue weighted by atomic mass is 9.80. The van der Waals surface area contributed by atoms with E-state index in [0.29, 0.717) is 6.61 Å². The van der Waals surface area contributed by atoms with Gasteiger partial charge in [0.25, 0.3) is 0 Å². The minimum atomic E-state index is -0.908. The van der Waals surface area contributed by atoms with Crippen LogP contribution in [0.25, 0.3) is 0 Å². The van der Waals surface area contributed by atoms with E-state index in [-0.39, 0.29) is 13.2 Å². The molecule has 1 atom stereocenters. The molecule has 4 heteroatoms. The minimum absolute atomic E-state index is 0.102. The molecule has 0 radical (unpaired) electrons. The zero-order chi connectivity index (χ0) is 23.6. The fraction of sp³-hybridized carbons (Fsp3) is 0.200. The summed E-state index contributed by atoms with van der Waals surface area (Å²) in [5.74, 6) is 0.771. The number of rotatable bonds is 11. The largest absolute Gasteiger partial charge is 0.497 e. The molecule has 0 aliphatic heterocycles. The maximum Gasteiger partial charge on any atom is 0.143 e. The molecule has 4 aromatic carbocycles. The van der Waals surface area contributed by atoms with E-state index in [4.69, 9.17) is 14.2 Å². The summed E-state index contributed by atoms with van der Waals surface area (Å²) in [6, 6.07) is 38.0. The third-order valence-electron chi connectivity index (χ3n) is 5.77. The molecule has 0 spiro atoms. The smallest absolute Gasteiger partial charge is 0.143 e. The van der Waals surface area contributed by atoms with Crippen molar-refractivity contribution in [3.8, 4) is 5.75 Å². The topological polar surface area (TPSA) is 47.9 Å². The highest BCUT2D eigenvalue weighted by atomic mass is 16.5.